The molecule has 0 aliphatic carbocycles. The minimum atomic E-state index is -0.826. The summed E-state index contributed by atoms with van der Waals surface area (Å²) in [6, 6.07) is 29.4. The van der Waals surface area contributed by atoms with Crippen LogP contribution in [0.3, 0.4) is 0 Å². The van der Waals surface area contributed by atoms with E-state index in [4.69, 9.17) is 35.8 Å². The van der Waals surface area contributed by atoms with Crippen LogP contribution in [0.15, 0.2) is 97.1 Å². The molecule has 7 heteroatoms. The highest BCUT2D eigenvalue weighted by atomic mass is 35.5. The monoisotopic (exact) mass is 485 g/mol. The van der Waals surface area contributed by atoms with Gasteiger partial charge >= 0.3 is 5.97 Å². The summed E-state index contributed by atoms with van der Waals surface area (Å²) in [6.07, 6.45) is -0.826. The van der Waals surface area contributed by atoms with Crippen molar-refractivity contribution in [2.45, 2.75) is 13.0 Å². The largest absolute Gasteiger partial charge is 0.479 e. The molecule has 0 spiro atoms. The van der Waals surface area contributed by atoms with Crippen molar-refractivity contribution in [3.05, 3.63) is 108 Å². The summed E-state index contributed by atoms with van der Waals surface area (Å²) >= 11 is 5.88. The first-order valence-corrected chi connectivity index (χ1v) is 11.1. The number of rotatable bonds is 8. The van der Waals surface area contributed by atoms with Gasteiger partial charge < -0.3 is 18.9 Å². The summed E-state index contributed by atoms with van der Waals surface area (Å²) in [4.78, 5) is 12.4. The van der Waals surface area contributed by atoms with Crippen molar-refractivity contribution in [3.63, 3.8) is 0 Å². The lowest BCUT2D eigenvalue weighted by atomic mass is 10.2. The van der Waals surface area contributed by atoms with Crippen molar-refractivity contribution in [2.24, 2.45) is 0 Å². The van der Waals surface area contributed by atoms with Gasteiger partial charge in [0.15, 0.2) is 6.10 Å². The Morgan fingerprint density at radius 3 is 1.57 bits per heavy atom. The van der Waals surface area contributed by atoms with Crippen LogP contribution in [0.5, 0.6) is 34.5 Å². The predicted octanol–water partition coefficient (Wildman–Crippen LogP) is 7.17. The Hall–Kier alpha value is -4.47. The van der Waals surface area contributed by atoms with E-state index in [0.717, 1.165) is 0 Å². The number of nitrogens with zero attached hydrogens (tertiary/aromatic N) is 1. The Morgan fingerprint density at radius 1 is 0.686 bits per heavy atom. The van der Waals surface area contributed by atoms with Crippen molar-refractivity contribution in [3.8, 4) is 40.6 Å². The van der Waals surface area contributed by atoms with E-state index in [1.807, 2.05) is 0 Å². The van der Waals surface area contributed by atoms with E-state index in [1.165, 1.54) is 0 Å². The van der Waals surface area contributed by atoms with Crippen LogP contribution >= 0.6 is 11.6 Å². The predicted molar refractivity (Wildman–Crippen MR) is 131 cm³/mol. The van der Waals surface area contributed by atoms with Gasteiger partial charge in [0.25, 0.3) is 0 Å². The third kappa shape index (κ3) is 6.76. The number of hydrogen-bond acceptors (Lipinski definition) is 6. The van der Waals surface area contributed by atoms with E-state index in [9.17, 15) is 4.79 Å². The average Bonchev–Trinajstić information content (AvgIpc) is 2.88. The smallest absolute Gasteiger partial charge is 0.352 e. The molecule has 0 aliphatic rings. The van der Waals surface area contributed by atoms with Crippen molar-refractivity contribution < 1.29 is 23.7 Å². The fourth-order valence-corrected chi connectivity index (χ4v) is 3.11. The number of esters is 1. The molecule has 0 bridgehead atoms. The van der Waals surface area contributed by atoms with Crippen LogP contribution in [0, 0.1) is 11.3 Å². The molecule has 0 saturated carbocycles. The lowest BCUT2D eigenvalue weighted by molar-refractivity contribution is -0.141. The molecule has 1 unspecified atom stereocenters. The fourth-order valence-electron chi connectivity index (χ4n) is 2.99. The maximum atomic E-state index is 12.4. The third-order valence-electron chi connectivity index (χ3n) is 4.78. The minimum absolute atomic E-state index is 0.365. The topological polar surface area (TPSA) is 77.8 Å². The molecule has 0 aromatic heterocycles. The van der Waals surface area contributed by atoms with Crippen LogP contribution in [-0.2, 0) is 4.79 Å². The van der Waals surface area contributed by atoms with Crippen molar-refractivity contribution >= 4 is 17.6 Å². The average molecular weight is 486 g/mol. The Labute approximate surface area is 207 Å². The van der Waals surface area contributed by atoms with Crippen LogP contribution < -0.4 is 18.9 Å². The first-order valence-electron chi connectivity index (χ1n) is 10.7. The molecule has 0 fully saturated rings. The molecule has 4 aromatic rings. The van der Waals surface area contributed by atoms with Gasteiger partial charge in [0, 0.05) is 5.02 Å². The number of halogens is 1. The van der Waals surface area contributed by atoms with Crippen LogP contribution in [0.2, 0.25) is 5.02 Å². The van der Waals surface area contributed by atoms with E-state index in [0.29, 0.717) is 45.1 Å². The van der Waals surface area contributed by atoms with Crippen LogP contribution in [0.25, 0.3) is 0 Å². The number of nitriles is 1. The number of ether oxygens (including phenoxy) is 4. The first kappa shape index (κ1) is 23.7. The van der Waals surface area contributed by atoms with Crippen molar-refractivity contribution in [1.29, 1.82) is 5.26 Å². The normalized spacial score (nSPS) is 11.1. The van der Waals surface area contributed by atoms with Crippen LogP contribution in [0.4, 0.5) is 0 Å². The Kier molecular flexibility index (Phi) is 7.51. The second kappa shape index (κ2) is 11.1. The molecule has 0 amide bonds. The molecule has 35 heavy (non-hydrogen) atoms. The van der Waals surface area contributed by atoms with Crippen molar-refractivity contribution in [2.75, 3.05) is 0 Å². The van der Waals surface area contributed by atoms with E-state index < -0.39 is 12.1 Å². The maximum Gasteiger partial charge on any atom is 0.352 e. The van der Waals surface area contributed by atoms with Gasteiger partial charge in [-0.15, -0.1) is 0 Å². The van der Waals surface area contributed by atoms with Gasteiger partial charge in [-0.1, -0.05) is 11.6 Å². The van der Waals surface area contributed by atoms with E-state index >= 15 is 0 Å². The SMILES string of the molecule is CC(Oc1ccc(Oc2ccc(Cl)cc2)cc1)C(=O)Oc1ccc(Oc2ccc(C#N)cc2)cc1. The van der Waals surface area contributed by atoms with Crippen LogP contribution in [0.1, 0.15) is 12.5 Å². The first-order chi connectivity index (χ1) is 17.0. The summed E-state index contributed by atoms with van der Waals surface area (Å²) < 4.78 is 22.6. The van der Waals surface area contributed by atoms with E-state index in [2.05, 4.69) is 6.07 Å². The van der Waals surface area contributed by atoms with Gasteiger partial charge in [0.1, 0.15) is 34.5 Å². The molecule has 1 atom stereocenters. The summed E-state index contributed by atoms with van der Waals surface area (Å²) in [5.74, 6) is 2.78. The molecule has 0 radical (unpaired) electrons. The number of benzene rings is 4. The molecule has 0 aliphatic heterocycles. The minimum Gasteiger partial charge on any atom is -0.479 e. The van der Waals surface area contributed by atoms with E-state index in [1.54, 1.807) is 104 Å². The Bertz CT molecular complexity index is 1310. The zero-order valence-electron chi connectivity index (χ0n) is 18.7. The zero-order valence-corrected chi connectivity index (χ0v) is 19.4. The van der Waals surface area contributed by atoms with Gasteiger partial charge in [-0.3, -0.25) is 0 Å². The molecule has 6 nitrogen and oxygen atoms in total. The molecule has 0 saturated heterocycles. The Balaban J connectivity index is 1.28. The molecule has 4 rings (SSSR count). The highest BCUT2D eigenvalue weighted by Crippen LogP contribution is 2.27. The molecule has 174 valence electrons. The summed E-state index contributed by atoms with van der Waals surface area (Å²) in [7, 11) is 0. The van der Waals surface area contributed by atoms with Gasteiger partial charge in [0.05, 0.1) is 11.6 Å². The third-order valence-corrected chi connectivity index (χ3v) is 5.03. The molecule has 4 aromatic carbocycles. The quantitative estimate of drug-likeness (QED) is 0.194. The van der Waals surface area contributed by atoms with Crippen LogP contribution in [-0.4, -0.2) is 12.1 Å². The maximum absolute atomic E-state index is 12.4. The van der Waals surface area contributed by atoms with Gasteiger partial charge in [-0.05, 0) is 104 Å². The highest BCUT2D eigenvalue weighted by Gasteiger charge is 2.17. The van der Waals surface area contributed by atoms with Gasteiger partial charge in [-0.25, -0.2) is 4.79 Å². The molecule has 0 N–H and O–H groups in total. The lowest BCUT2D eigenvalue weighted by Gasteiger charge is -2.14. The second-order valence-corrected chi connectivity index (χ2v) is 7.85. The number of carbonyl (C=O) groups is 1. The number of carbonyl (C=O) groups excluding carboxylic acids is 1. The van der Waals surface area contributed by atoms with E-state index in [-0.39, 0.29) is 0 Å². The Morgan fingerprint density at radius 2 is 1.09 bits per heavy atom. The summed E-state index contributed by atoms with van der Waals surface area (Å²) in [5.41, 5.74) is 0.554. The van der Waals surface area contributed by atoms with Crippen molar-refractivity contribution in [1.82, 2.24) is 0 Å². The molecule has 0 heterocycles. The van der Waals surface area contributed by atoms with Gasteiger partial charge in [0.2, 0.25) is 0 Å². The second-order valence-electron chi connectivity index (χ2n) is 7.42. The zero-order chi connectivity index (χ0) is 24.6. The standard InChI is InChI=1S/C28H20ClNO5/c1-19(32-22-10-12-25(13-11-22)34-24-8-4-21(29)5-9-24)28(31)35-27-16-14-26(15-17-27)33-23-6-2-20(18-30)3-7-23/h2-17,19H,1H3. The summed E-state index contributed by atoms with van der Waals surface area (Å²) in [6.45, 7) is 1.61. The molecular weight excluding hydrogens is 466 g/mol. The molecular formula is C28H20ClNO5. The summed E-state index contributed by atoms with van der Waals surface area (Å²) in [5, 5.41) is 9.49. The lowest BCUT2D eigenvalue weighted by Crippen LogP contribution is -2.28. The highest BCUT2D eigenvalue weighted by molar-refractivity contribution is 6.30. The fraction of sp³-hybridized carbons (Fsp3) is 0.0714. The number of hydrogen-bond donors (Lipinski definition) is 0. The van der Waals surface area contributed by atoms with Gasteiger partial charge in [-0.2, -0.15) is 5.26 Å².